The lowest BCUT2D eigenvalue weighted by Gasteiger charge is -2.46. The molecule has 0 N–H and O–H groups in total. The van der Waals surface area contributed by atoms with Crippen molar-refractivity contribution in [1.29, 1.82) is 0 Å². The molecule has 0 nitrogen and oxygen atoms in total. The summed E-state index contributed by atoms with van der Waals surface area (Å²) >= 11 is 0. The predicted molar refractivity (Wildman–Crippen MR) is 80.5 cm³/mol. The molecule has 106 valence electrons. The van der Waals surface area contributed by atoms with Crippen molar-refractivity contribution in [2.24, 2.45) is 40.4 Å². The van der Waals surface area contributed by atoms with E-state index < -0.39 is 0 Å². The molecule has 0 bridgehead atoms. The molecule has 2 fully saturated rings. The Morgan fingerprint density at radius 3 is 2.28 bits per heavy atom. The van der Waals surface area contributed by atoms with E-state index in [4.69, 9.17) is 0 Å². The Bertz CT molecular complexity index is 296. The topological polar surface area (TPSA) is 0 Å². The summed E-state index contributed by atoms with van der Waals surface area (Å²) < 4.78 is 0. The third kappa shape index (κ3) is 2.37. The molecule has 0 aromatic carbocycles. The maximum Gasteiger partial charge on any atom is -0.0291 e. The van der Waals surface area contributed by atoms with Crippen LogP contribution < -0.4 is 0 Å². The Balaban J connectivity index is 2.25. The van der Waals surface area contributed by atoms with Gasteiger partial charge in [0.2, 0.25) is 0 Å². The van der Waals surface area contributed by atoms with Gasteiger partial charge in [-0.2, -0.15) is 0 Å². The summed E-state index contributed by atoms with van der Waals surface area (Å²) in [5.41, 5.74) is 1.21. The Morgan fingerprint density at radius 1 is 1.22 bits per heavy atom. The van der Waals surface area contributed by atoms with E-state index >= 15 is 0 Å². The summed E-state index contributed by atoms with van der Waals surface area (Å²) in [6.07, 6.45) is 5.87. The molecule has 18 heavy (non-hydrogen) atoms. The van der Waals surface area contributed by atoms with Crippen molar-refractivity contribution in [1.82, 2.24) is 0 Å². The molecule has 5 atom stereocenters. The zero-order valence-electron chi connectivity index (χ0n) is 13.7. The number of fused-ring (bicyclic) bond motifs is 1. The SMILES string of the molecule is CCC(C1C(C(C)C)CCC2(C)CC12)C(C)(C)C. The van der Waals surface area contributed by atoms with Crippen molar-refractivity contribution < 1.29 is 0 Å². The third-order valence-electron chi connectivity index (χ3n) is 6.30. The molecule has 0 saturated heterocycles. The fraction of sp³-hybridized carbons (Fsp3) is 1.00. The highest BCUT2D eigenvalue weighted by Crippen LogP contribution is 2.68. The van der Waals surface area contributed by atoms with E-state index in [0.29, 0.717) is 5.41 Å². The van der Waals surface area contributed by atoms with Gasteiger partial charge in [-0.1, -0.05) is 54.9 Å². The average molecular weight is 250 g/mol. The van der Waals surface area contributed by atoms with Gasteiger partial charge in [0.15, 0.2) is 0 Å². The Labute approximate surface area is 115 Å². The lowest BCUT2D eigenvalue weighted by molar-refractivity contribution is 0.0275. The zero-order valence-corrected chi connectivity index (χ0v) is 13.7. The van der Waals surface area contributed by atoms with Gasteiger partial charge in [0.05, 0.1) is 0 Å². The molecule has 2 aliphatic carbocycles. The highest BCUT2D eigenvalue weighted by Gasteiger charge is 2.60. The van der Waals surface area contributed by atoms with Crippen LogP contribution in [-0.2, 0) is 0 Å². The van der Waals surface area contributed by atoms with Crippen LogP contribution >= 0.6 is 0 Å². The van der Waals surface area contributed by atoms with Crippen molar-refractivity contribution in [3.8, 4) is 0 Å². The lowest BCUT2D eigenvalue weighted by Crippen LogP contribution is -2.39. The Kier molecular flexibility index (Phi) is 3.63. The summed E-state index contributed by atoms with van der Waals surface area (Å²) in [4.78, 5) is 0. The van der Waals surface area contributed by atoms with Crippen LogP contribution in [0, 0.1) is 40.4 Å². The van der Waals surface area contributed by atoms with E-state index in [1.165, 1.54) is 25.7 Å². The summed E-state index contributed by atoms with van der Waals surface area (Å²) in [7, 11) is 0. The number of hydrogen-bond acceptors (Lipinski definition) is 0. The van der Waals surface area contributed by atoms with E-state index in [2.05, 4.69) is 48.5 Å². The van der Waals surface area contributed by atoms with Crippen LogP contribution in [0.2, 0.25) is 0 Å². The molecule has 0 aromatic heterocycles. The maximum absolute atomic E-state index is 2.55. The van der Waals surface area contributed by atoms with Crippen LogP contribution in [0.3, 0.4) is 0 Å². The van der Waals surface area contributed by atoms with Crippen LogP contribution in [0.1, 0.15) is 74.1 Å². The largest absolute Gasteiger partial charge is 0.0651 e. The molecule has 2 rings (SSSR count). The van der Waals surface area contributed by atoms with Gasteiger partial charge in [0.1, 0.15) is 0 Å². The Hall–Kier alpha value is 0. The molecular weight excluding hydrogens is 216 g/mol. The van der Waals surface area contributed by atoms with Gasteiger partial charge in [-0.15, -0.1) is 0 Å². The van der Waals surface area contributed by atoms with Gasteiger partial charge in [-0.05, 0) is 59.7 Å². The molecule has 0 heteroatoms. The number of rotatable bonds is 3. The molecule has 0 aromatic rings. The molecule has 5 unspecified atom stereocenters. The lowest BCUT2D eigenvalue weighted by atomic mass is 9.59. The summed E-state index contributed by atoms with van der Waals surface area (Å²) in [6.45, 7) is 17.3. The smallest absolute Gasteiger partial charge is 0.0291 e. The molecule has 0 aliphatic heterocycles. The van der Waals surface area contributed by atoms with Crippen molar-refractivity contribution in [3.63, 3.8) is 0 Å². The predicted octanol–water partition coefficient (Wildman–Crippen LogP) is 5.77. The van der Waals surface area contributed by atoms with E-state index in [0.717, 1.165) is 35.0 Å². The fourth-order valence-corrected chi connectivity index (χ4v) is 5.14. The average Bonchev–Trinajstić information content (AvgIpc) is 2.88. The highest BCUT2D eigenvalue weighted by molar-refractivity contribution is 5.09. The summed E-state index contributed by atoms with van der Waals surface area (Å²) in [6, 6.07) is 0. The van der Waals surface area contributed by atoms with E-state index in [1.54, 1.807) is 0 Å². The molecular formula is C18H34. The first-order chi connectivity index (χ1) is 8.20. The standard InChI is InChI=1S/C18H34/c1-8-14(17(4,5)6)16-13(12(2)3)9-10-18(7)11-15(16)18/h12-16H,8-11H2,1-7H3. The first-order valence-electron chi connectivity index (χ1n) is 8.20. The van der Waals surface area contributed by atoms with Crippen molar-refractivity contribution in [3.05, 3.63) is 0 Å². The van der Waals surface area contributed by atoms with Crippen LogP contribution in [0.5, 0.6) is 0 Å². The third-order valence-corrected chi connectivity index (χ3v) is 6.30. The minimum atomic E-state index is 0.480. The summed E-state index contributed by atoms with van der Waals surface area (Å²) in [5.74, 6) is 4.81. The van der Waals surface area contributed by atoms with Crippen LogP contribution in [0.25, 0.3) is 0 Å². The molecule has 2 aliphatic rings. The van der Waals surface area contributed by atoms with Gasteiger partial charge < -0.3 is 0 Å². The van der Waals surface area contributed by atoms with Crippen LogP contribution in [0.4, 0.5) is 0 Å². The minimum Gasteiger partial charge on any atom is -0.0651 e. The zero-order chi connectivity index (χ0) is 13.7. The van der Waals surface area contributed by atoms with Gasteiger partial charge in [0.25, 0.3) is 0 Å². The summed E-state index contributed by atoms with van der Waals surface area (Å²) in [5, 5.41) is 0. The van der Waals surface area contributed by atoms with Crippen molar-refractivity contribution >= 4 is 0 Å². The van der Waals surface area contributed by atoms with E-state index in [-0.39, 0.29) is 0 Å². The molecule has 0 amide bonds. The van der Waals surface area contributed by atoms with Gasteiger partial charge in [-0.25, -0.2) is 0 Å². The van der Waals surface area contributed by atoms with Gasteiger partial charge in [0, 0.05) is 0 Å². The van der Waals surface area contributed by atoms with E-state index in [1.807, 2.05) is 0 Å². The van der Waals surface area contributed by atoms with Crippen LogP contribution in [0.15, 0.2) is 0 Å². The number of hydrogen-bond donors (Lipinski definition) is 0. The second kappa shape index (κ2) is 4.53. The first kappa shape index (κ1) is 14.4. The molecule has 2 saturated carbocycles. The minimum absolute atomic E-state index is 0.480. The monoisotopic (exact) mass is 250 g/mol. The molecule has 0 radical (unpaired) electrons. The highest BCUT2D eigenvalue weighted by atomic mass is 14.6. The van der Waals surface area contributed by atoms with Gasteiger partial charge >= 0.3 is 0 Å². The fourth-order valence-electron chi connectivity index (χ4n) is 5.14. The van der Waals surface area contributed by atoms with Crippen molar-refractivity contribution in [2.75, 3.05) is 0 Å². The normalized spacial score (nSPS) is 41.7. The second-order valence-electron chi connectivity index (χ2n) is 8.87. The van der Waals surface area contributed by atoms with Crippen molar-refractivity contribution in [2.45, 2.75) is 74.1 Å². The molecule has 0 heterocycles. The maximum atomic E-state index is 2.55. The quantitative estimate of drug-likeness (QED) is 0.596. The molecule has 0 spiro atoms. The van der Waals surface area contributed by atoms with E-state index in [9.17, 15) is 0 Å². The Morgan fingerprint density at radius 2 is 1.83 bits per heavy atom. The van der Waals surface area contributed by atoms with Crippen LogP contribution in [-0.4, -0.2) is 0 Å². The first-order valence-corrected chi connectivity index (χ1v) is 8.20. The second-order valence-corrected chi connectivity index (χ2v) is 8.87. The van der Waals surface area contributed by atoms with Gasteiger partial charge in [-0.3, -0.25) is 0 Å².